The lowest BCUT2D eigenvalue weighted by atomic mass is 10.1. The molecule has 3 nitrogen and oxygen atoms in total. The highest BCUT2D eigenvalue weighted by molar-refractivity contribution is 6.06. The zero-order valence-electron chi connectivity index (χ0n) is 5.94. The number of hydrogen-bond acceptors (Lipinski definition) is 2. The molecule has 0 spiro atoms. The van der Waals surface area contributed by atoms with Crippen molar-refractivity contribution in [2.45, 2.75) is 6.44 Å². The third kappa shape index (κ3) is 0.907. The predicted octanol–water partition coefficient (Wildman–Crippen LogP) is 0.557. The summed E-state index contributed by atoms with van der Waals surface area (Å²) in [5.41, 5.74) is 1.87. The molecule has 0 fully saturated rings. The first-order chi connectivity index (χ1) is 5.42. The highest BCUT2D eigenvalue weighted by atomic mass is 15.4. The maximum atomic E-state index is 5.42. The quantitative estimate of drug-likeness (QED) is 0.546. The second kappa shape index (κ2) is 2.38. The van der Waals surface area contributed by atoms with Crippen LogP contribution in [0.15, 0.2) is 24.3 Å². The van der Waals surface area contributed by atoms with Crippen LogP contribution in [0.25, 0.3) is 11.0 Å². The molecule has 0 unspecified atom stereocenters. The van der Waals surface area contributed by atoms with E-state index in [4.69, 9.17) is 7.85 Å². The SMILES string of the molecule is [B]Cn1nnc2ccccc21. The van der Waals surface area contributed by atoms with E-state index < -0.39 is 0 Å². The molecule has 0 saturated carbocycles. The smallest absolute Gasteiger partial charge is 0.113 e. The van der Waals surface area contributed by atoms with E-state index in [2.05, 4.69) is 10.3 Å². The van der Waals surface area contributed by atoms with Crippen LogP contribution in [0.3, 0.4) is 0 Å². The van der Waals surface area contributed by atoms with Gasteiger partial charge in [-0.15, -0.1) is 5.10 Å². The molecule has 0 bridgehead atoms. The van der Waals surface area contributed by atoms with E-state index in [0.717, 1.165) is 11.0 Å². The Morgan fingerprint density at radius 2 is 2.18 bits per heavy atom. The average Bonchev–Trinajstić information content (AvgIpc) is 2.47. The molecular formula is C7H6BN3. The number of benzene rings is 1. The molecule has 1 aromatic carbocycles. The summed E-state index contributed by atoms with van der Waals surface area (Å²) >= 11 is 0. The van der Waals surface area contributed by atoms with Crippen molar-refractivity contribution in [2.24, 2.45) is 0 Å². The second-order valence-electron chi connectivity index (χ2n) is 2.26. The fraction of sp³-hybridized carbons (Fsp3) is 0.143. The van der Waals surface area contributed by atoms with Crippen molar-refractivity contribution in [1.82, 2.24) is 15.0 Å². The molecule has 2 rings (SSSR count). The molecular weight excluding hydrogens is 137 g/mol. The number of hydrogen-bond donors (Lipinski definition) is 0. The van der Waals surface area contributed by atoms with E-state index in [-0.39, 0.29) is 0 Å². The molecule has 52 valence electrons. The van der Waals surface area contributed by atoms with Crippen LogP contribution in [-0.2, 0) is 6.44 Å². The van der Waals surface area contributed by atoms with Gasteiger partial charge in [-0.25, -0.2) is 0 Å². The van der Waals surface area contributed by atoms with Gasteiger partial charge in [0.15, 0.2) is 0 Å². The van der Waals surface area contributed by atoms with Gasteiger partial charge in [0, 0.05) is 6.44 Å². The standard InChI is InChI=1S/C7H6BN3/c8-5-11-7-4-2-1-3-6(7)9-10-11/h1-4H,5H2. The first-order valence-electron chi connectivity index (χ1n) is 3.40. The summed E-state index contributed by atoms with van der Waals surface area (Å²) < 4.78 is 1.66. The summed E-state index contributed by atoms with van der Waals surface area (Å²) in [4.78, 5) is 0. The minimum absolute atomic E-state index is 0.376. The first kappa shape index (κ1) is 6.40. The molecule has 0 aliphatic rings. The molecule has 0 aliphatic carbocycles. The Morgan fingerprint density at radius 3 is 3.00 bits per heavy atom. The van der Waals surface area contributed by atoms with Crippen molar-refractivity contribution in [3.8, 4) is 0 Å². The van der Waals surface area contributed by atoms with Crippen LogP contribution < -0.4 is 0 Å². The lowest BCUT2D eigenvalue weighted by Gasteiger charge is -1.93. The van der Waals surface area contributed by atoms with E-state index >= 15 is 0 Å². The predicted molar refractivity (Wildman–Crippen MR) is 43.3 cm³/mol. The largest absolute Gasteiger partial charge is 0.254 e. The molecule has 0 N–H and O–H groups in total. The van der Waals surface area contributed by atoms with Crippen LogP contribution in [0, 0.1) is 0 Å². The van der Waals surface area contributed by atoms with Gasteiger partial charge in [-0.05, 0) is 12.1 Å². The van der Waals surface area contributed by atoms with Gasteiger partial charge in [-0.3, -0.25) is 4.68 Å². The lowest BCUT2D eigenvalue weighted by Crippen LogP contribution is -1.98. The second-order valence-corrected chi connectivity index (χ2v) is 2.26. The van der Waals surface area contributed by atoms with Gasteiger partial charge in [-0.2, -0.15) is 0 Å². The third-order valence-corrected chi connectivity index (χ3v) is 1.59. The topological polar surface area (TPSA) is 30.7 Å². The third-order valence-electron chi connectivity index (χ3n) is 1.59. The molecule has 0 atom stereocenters. The zero-order valence-corrected chi connectivity index (χ0v) is 5.94. The van der Waals surface area contributed by atoms with Gasteiger partial charge < -0.3 is 0 Å². The maximum Gasteiger partial charge on any atom is 0.113 e. The van der Waals surface area contributed by atoms with Crippen molar-refractivity contribution in [1.29, 1.82) is 0 Å². The van der Waals surface area contributed by atoms with E-state index in [1.165, 1.54) is 0 Å². The van der Waals surface area contributed by atoms with Crippen LogP contribution in [0.2, 0.25) is 0 Å². The molecule has 4 heteroatoms. The fourth-order valence-corrected chi connectivity index (χ4v) is 1.05. The van der Waals surface area contributed by atoms with Crippen molar-refractivity contribution in [2.75, 3.05) is 0 Å². The van der Waals surface area contributed by atoms with Crippen molar-refractivity contribution in [3.63, 3.8) is 0 Å². The number of nitrogens with zero attached hydrogens (tertiary/aromatic N) is 3. The summed E-state index contributed by atoms with van der Waals surface area (Å²) in [5, 5.41) is 7.78. The Kier molecular flexibility index (Phi) is 1.38. The molecule has 0 saturated heterocycles. The van der Waals surface area contributed by atoms with E-state index in [1.54, 1.807) is 4.68 Å². The monoisotopic (exact) mass is 143 g/mol. The van der Waals surface area contributed by atoms with Crippen molar-refractivity contribution < 1.29 is 0 Å². The summed E-state index contributed by atoms with van der Waals surface area (Å²) in [6, 6.07) is 7.73. The Hall–Kier alpha value is -1.32. The highest BCUT2D eigenvalue weighted by Crippen LogP contribution is 2.08. The number of rotatable bonds is 1. The molecule has 1 aromatic heterocycles. The summed E-state index contributed by atoms with van der Waals surface area (Å²) in [5.74, 6) is 0. The maximum absolute atomic E-state index is 5.42. The van der Waals surface area contributed by atoms with E-state index in [0.29, 0.717) is 6.44 Å². The molecule has 2 radical (unpaired) electrons. The molecule has 11 heavy (non-hydrogen) atoms. The van der Waals surface area contributed by atoms with Gasteiger partial charge in [-0.1, -0.05) is 17.3 Å². The Morgan fingerprint density at radius 1 is 1.36 bits per heavy atom. The summed E-state index contributed by atoms with van der Waals surface area (Å²) in [6.45, 7) is 0. The molecule has 2 aromatic rings. The van der Waals surface area contributed by atoms with Crippen molar-refractivity contribution in [3.05, 3.63) is 24.3 Å². The van der Waals surface area contributed by atoms with Gasteiger partial charge >= 0.3 is 0 Å². The van der Waals surface area contributed by atoms with Gasteiger partial charge in [0.05, 0.1) is 13.4 Å². The Labute approximate surface area is 65.4 Å². The molecule has 1 heterocycles. The van der Waals surface area contributed by atoms with E-state index in [1.807, 2.05) is 24.3 Å². The van der Waals surface area contributed by atoms with Crippen molar-refractivity contribution >= 4 is 18.9 Å². The van der Waals surface area contributed by atoms with Crippen LogP contribution in [-0.4, -0.2) is 22.8 Å². The molecule has 0 aliphatic heterocycles. The summed E-state index contributed by atoms with van der Waals surface area (Å²) in [6.07, 6.45) is 0.376. The minimum atomic E-state index is 0.376. The summed E-state index contributed by atoms with van der Waals surface area (Å²) in [7, 11) is 5.42. The number of aromatic nitrogens is 3. The van der Waals surface area contributed by atoms with Crippen LogP contribution in [0.5, 0.6) is 0 Å². The highest BCUT2D eigenvalue weighted by Gasteiger charge is 1.98. The Balaban J connectivity index is 2.76. The van der Waals surface area contributed by atoms with Crippen LogP contribution >= 0.6 is 0 Å². The van der Waals surface area contributed by atoms with Gasteiger partial charge in [0.2, 0.25) is 0 Å². The lowest BCUT2D eigenvalue weighted by molar-refractivity contribution is 0.717. The van der Waals surface area contributed by atoms with Crippen LogP contribution in [0.1, 0.15) is 0 Å². The number of para-hydroxylation sites is 1. The fourth-order valence-electron chi connectivity index (χ4n) is 1.05. The Bertz CT molecular complexity index is 368. The number of fused-ring (bicyclic) bond motifs is 1. The van der Waals surface area contributed by atoms with Gasteiger partial charge in [0.1, 0.15) is 5.52 Å². The zero-order chi connectivity index (χ0) is 7.68. The van der Waals surface area contributed by atoms with Crippen LogP contribution in [0.4, 0.5) is 0 Å². The van der Waals surface area contributed by atoms with Gasteiger partial charge in [0.25, 0.3) is 0 Å². The average molecular weight is 143 g/mol. The van der Waals surface area contributed by atoms with E-state index in [9.17, 15) is 0 Å². The normalized spacial score (nSPS) is 10.5. The first-order valence-corrected chi connectivity index (χ1v) is 3.40. The minimum Gasteiger partial charge on any atom is -0.254 e. The molecule has 0 amide bonds.